The van der Waals surface area contributed by atoms with E-state index >= 15 is 0 Å². The molecule has 1 unspecified atom stereocenters. The van der Waals surface area contributed by atoms with Crippen LogP contribution in [0.3, 0.4) is 0 Å². The summed E-state index contributed by atoms with van der Waals surface area (Å²) in [6.45, 7) is 2.26. The van der Waals surface area contributed by atoms with E-state index in [1.165, 1.54) is 5.19 Å². The Morgan fingerprint density at radius 2 is 1.78 bits per heavy atom. The first-order valence-corrected chi connectivity index (χ1v) is 7.91. The Balaban J connectivity index is 2.85. The second-order valence-electron chi connectivity index (χ2n) is 2.03. The lowest BCUT2D eigenvalue weighted by Gasteiger charge is -1.97. The fourth-order valence-corrected chi connectivity index (χ4v) is 2.39. The van der Waals surface area contributed by atoms with Crippen molar-refractivity contribution in [3.8, 4) is 0 Å². The highest BCUT2D eigenvalue weighted by Crippen LogP contribution is 1.93. The molecule has 0 spiro atoms. The Labute approximate surface area is 65.1 Å². The molecule has 0 aliphatic carbocycles. The summed E-state index contributed by atoms with van der Waals surface area (Å²) >= 11 is 3.62. The molecule has 0 aliphatic heterocycles. The molecule has 0 N–H and O–H groups in total. The smallest absolute Gasteiger partial charge is 0.125 e. The number of benzene rings is 1. The zero-order valence-electron chi connectivity index (χ0n) is 5.34. The molecule has 48 valence electrons. The average molecular weight is 201 g/mol. The van der Waals surface area contributed by atoms with E-state index in [1.54, 1.807) is 0 Å². The second kappa shape index (κ2) is 3.18. The average Bonchev–Trinajstić information content (AvgIpc) is 1.90. The van der Waals surface area contributed by atoms with Crippen LogP contribution in [0.25, 0.3) is 0 Å². The highest BCUT2D eigenvalue weighted by atomic mass is 79.9. The van der Waals surface area contributed by atoms with Gasteiger partial charge in [0.1, 0.15) is 7.42 Å². The van der Waals surface area contributed by atoms with Crippen molar-refractivity contribution >= 4 is 27.9 Å². The van der Waals surface area contributed by atoms with Gasteiger partial charge in [0.15, 0.2) is 0 Å². The maximum Gasteiger partial charge on any atom is 0.142 e. The summed E-state index contributed by atoms with van der Waals surface area (Å²) in [5.74, 6) is 0. The summed E-state index contributed by atoms with van der Waals surface area (Å²) in [4.78, 5) is 0. The lowest BCUT2D eigenvalue weighted by Crippen LogP contribution is -2.18. The normalized spacial score (nSPS) is 13.1. The van der Waals surface area contributed by atoms with Gasteiger partial charge in [-0.1, -0.05) is 42.1 Å². The zero-order valence-corrected chi connectivity index (χ0v) is 8.08. The molecule has 9 heavy (non-hydrogen) atoms. The molecule has 1 aromatic rings. The van der Waals surface area contributed by atoms with Gasteiger partial charge in [0, 0.05) is 0 Å². The third-order valence-electron chi connectivity index (χ3n) is 1.26. The van der Waals surface area contributed by atoms with Gasteiger partial charge in [0.2, 0.25) is 0 Å². The Kier molecular flexibility index (Phi) is 2.48. The predicted molar refractivity (Wildman–Crippen MR) is 48.0 cm³/mol. The molecule has 0 fully saturated rings. The van der Waals surface area contributed by atoms with E-state index in [9.17, 15) is 0 Å². The van der Waals surface area contributed by atoms with Gasteiger partial charge in [0.25, 0.3) is 0 Å². The van der Waals surface area contributed by atoms with E-state index in [-0.39, 0.29) is 0 Å². The monoisotopic (exact) mass is 200 g/mol. The van der Waals surface area contributed by atoms with Gasteiger partial charge in [-0.05, 0) is 0 Å². The fraction of sp³-hybridized carbons (Fsp3) is 0.143. The third kappa shape index (κ3) is 1.95. The Morgan fingerprint density at radius 3 is 2.11 bits per heavy atom. The van der Waals surface area contributed by atoms with Crippen LogP contribution in [-0.4, -0.2) is 7.42 Å². The van der Waals surface area contributed by atoms with Crippen molar-refractivity contribution in [3.05, 3.63) is 30.3 Å². The van der Waals surface area contributed by atoms with E-state index in [4.69, 9.17) is 0 Å². The van der Waals surface area contributed by atoms with Crippen LogP contribution in [0.5, 0.6) is 0 Å². The van der Waals surface area contributed by atoms with Gasteiger partial charge in [-0.3, -0.25) is 0 Å². The topological polar surface area (TPSA) is 0 Å². The van der Waals surface area contributed by atoms with Crippen molar-refractivity contribution in [2.45, 2.75) is 6.55 Å². The molecule has 0 radical (unpaired) electrons. The van der Waals surface area contributed by atoms with E-state index in [2.05, 4.69) is 46.1 Å². The highest BCUT2D eigenvalue weighted by Gasteiger charge is 1.98. The van der Waals surface area contributed by atoms with Crippen molar-refractivity contribution in [2.75, 3.05) is 0 Å². The summed E-state index contributed by atoms with van der Waals surface area (Å²) in [6, 6.07) is 10.6. The van der Waals surface area contributed by atoms with Crippen molar-refractivity contribution in [1.29, 1.82) is 0 Å². The van der Waals surface area contributed by atoms with Gasteiger partial charge in [-0.2, -0.15) is 0 Å². The zero-order chi connectivity index (χ0) is 6.69. The summed E-state index contributed by atoms with van der Waals surface area (Å²) in [7, 11) is -0.716. The van der Waals surface area contributed by atoms with Crippen LogP contribution in [0.15, 0.2) is 30.3 Å². The summed E-state index contributed by atoms with van der Waals surface area (Å²) in [5.41, 5.74) is 0. The molecule has 0 heterocycles. The molecular formula is C7H9BrSi. The number of rotatable bonds is 1. The quantitative estimate of drug-likeness (QED) is 0.478. The molecule has 1 atom stereocenters. The molecule has 0 nitrogen and oxygen atoms in total. The Bertz CT molecular complexity index is 172. The van der Waals surface area contributed by atoms with Crippen LogP contribution in [0, 0.1) is 0 Å². The van der Waals surface area contributed by atoms with E-state index in [0.717, 1.165) is 0 Å². The number of halogens is 1. The predicted octanol–water partition coefficient (Wildman–Crippen LogP) is 1.64. The van der Waals surface area contributed by atoms with Crippen LogP contribution in [0.4, 0.5) is 0 Å². The number of hydrogen-bond acceptors (Lipinski definition) is 0. The number of hydrogen-bond donors (Lipinski definition) is 0. The van der Waals surface area contributed by atoms with Crippen molar-refractivity contribution in [2.24, 2.45) is 0 Å². The molecule has 0 saturated heterocycles. The van der Waals surface area contributed by atoms with Crippen LogP contribution in [0.1, 0.15) is 0 Å². The lowest BCUT2D eigenvalue weighted by atomic mass is 10.4. The van der Waals surface area contributed by atoms with Gasteiger partial charge < -0.3 is 0 Å². The van der Waals surface area contributed by atoms with E-state index < -0.39 is 7.42 Å². The van der Waals surface area contributed by atoms with Crippen LogP contribution in [0.2, 0.25) is 6.55 Å². The first-order chi connectivity index (χ1) is 4.30. The summed E-state index contributed by atoms with van der Waals surface area (Å²) < 4.78 is 0. The van der Waals surface area contributed by atoms with Gasteiger partial charge >= 0.3 is 0 Å². The molecule has 0 amide bonds. The molecule has 0 aromatic heterocycles. The van der Waals surface area contributed by atoms with Crippen molar-refractivity contribution in [3.63, 3.8) is 0 Å². The van der Waals surface area contributed by atoms with Crippen LogP contribution >= 0.6 is 15.3 Å². The second-order valence-corrected chi connectivity index (χ2v) is 8.05. The van der Waals surface area contributed by atoms with Gasteiger partial charge in [-0.15, -0.1) is 15.3 Å². The Hall–Kier alpha value is -0.0831. The van der Waals surface area contributed by atoms with Crippen molar-refractivity contribution < 1.29 is 0 Å². The molecular weight excluding hydrogens is 192 g/mol. The van der Waals surface area contributed by atoms with Crippen LogP contribution in [-0.2, 0) is 0 Å². The first-order valence-electron chi connectivity index (χ1n) is 2.99. The summed E-state index contributed by atoms with van der Waals surface area (Å²) in [5, 5.41) is 1.47. The largest absolute Gasteiger partial charge is 0.142 e. The molecule has 0 bridgehead atoms. The Morgan fingerprint density at radius 1 is 1.22 bits per heavy atom. The van der Waals surface area contributed by atoms with E-state index in [1.807, 2.05) is 6.07 Å². The first kappa shape index (κ1) is 7.03. The third-order valence-corrected chi connectivity index (χ3v) is 4.15. The highest BCUT2D eigenvalue weighted by molar-refractivity contribution is 9.25. The minimum absolute atomic E-state index is 0.716. The van der Waals surface area contributed by atoms with E-state index in [0.29, 0.717) is 0 Å². The maximum absolute atomic E-state index is 3.62. The van der Waals surface area contributed by atoms with Crippen LogP contribution < -0.4 is 5.19 Å². The van der Waals surface area contributed by atoms with Gasteiger partial charge in [0.05, 0.1) is 0 Å². The minimum Gasteiger partial charge on any atom is -0.125 e. The van der Waals surface area contributed by atoms with Crippen molar-refractivity contribution in [1.82, 2.24) is 0 Å². The fourth-order valence-electron chi connectivity index (χ4n) is 0.718. The SMILES string of the molecule is C[SiH](Br)c1ccccc1. The molecule has 0 saturated carbocycles. The molecule has 2 heteroatoms. The summed E-state index contributed by atoms with van der Waals surface area (Å²) in [6.07, 6.45) is 0. The lowest BCUT2D eigenvalue weighted by molar-refractivity contribution is 1.76. The maximum atomic E-state index is 3.62. The standard InChI is InChI=1S/C7H9BrSi/c1-9(8)7-5-3-2-4-6-7/h2-6,9H,1H3. The minimum atomic E-state index is -0.716. The molecule has 0 aliphatic rings. The molecule has 1 rings (SSSR count). The molecule has 1 aromatic carbocycles. The van der Waals surface area contributed by atoms with Gasteiger partial charge in [-0.25, -0.2) is 0 Å².